The number of hydrogen-bond acceptors (Lipinski definition) is 1. The molecule has 72 valence electrons. The summed E-state index contributed by atoms with van der Waals surface area (Å²) in [4.78, 5) is 0.910. The van der Waals surface area contributed by atoms with Crippen LogP contribution in [0.5, 0.6) is 0 Å². The van der Waals surface area contributed by atoms with Crippen molar-refractivity contribution in [2.45, 2.75) is 31.1 Å². The van der Waals surface area contributed by atoms with Crippen LogP contribution in [0, 0.1) is 0 Å². The molecule has 1 aromatic carbocycles. The van der Waals surface area contributed by atoms with Gasteiger partial charge in [0.05, 0.1) is 0 Å². The van der Waals surface area contributed by atoms with Crippen LogP contribution >= 0.6 is 0 Å². The fourth-order valence-electron chi connectivity index (χ4n) is 1.14. The van der Waals surface area contributed by atoms with E-state index in [0.29, 0.717) is 0 Å². The molecule has 1 aromatic rings. The third-order valence-electron chi connectivity index (χ3n) is 2.03. The summed E-state index contributed by atoms with van der Waals surface area (Å²) < 4.78 is 11.2. The maximum atomic E-state index is 11.2. The van der Waals surface area contributed by atoms with Gasteiger partial charge < -0.3 is 0 Å². The third-order valence-corrected chi connectivity index (χ3v) is 2.95. The van der Waals surface area contributed by atoms with Crippen LogP contribution < -0.4 is 0 Å². The van der Waals surface area contributed by atoms with Crippen LogP contribution in [0.3, 0.4) is 0 Å². The second-order valence-corrected chi connectivity index (χ2v) is 5.61. The molecule has 0 aliphatic rings. The van der Waals surface area contributed by atoms with Crippen molar-refractivity contribution in [3.05, 3.63) is 29.8 Å². The van der Waals surface area contributed by atoms with Crippen molar-refractivity contribution >= 4 is 10.8 Å². The summed E-state index contributed by atoms with van der Waals surface area (Å²) >= 11 is 0. The molecule has 0 spiro atoms. The fourth-order valence-corrected chi connectivity index (χ4v) is 1.70. The molecule has 0 aliphatic heterocycles. The van der Waals surface area contributed by atoms with E-state index in [0.717, 1.165) is 4.90 Å². The van der Waals surface area contributed by atoms with Crippen LogP contribution in [-0.4, -0.2) is 10.5 Å². The number of rotatable bonds is 1. The highest BCUT2D eigenvalue weighted by Crippen LogP contribution is 2.23. The zero-order valence-corrected chi connectivity index (χ0v) is 9.44. The van der Waals surface area contributed by atoms with E-state index in [2.05, 4.69) is 26.8 Å². The minimum absolute atomic E-state index is 0.134. The highest BCUT2D eigenvalue weighted by Gasteiger charge is 2.13. The quantitative estimate of drug-likeness (QED) is 0.675. The van der Waals surface area contributed by atoms with Crippen LogP contribution in [0.4, 0.5) is 0 Å². The topological polar surface area (TPSA) is 17.1 Å². The molecular weight excluding hydrogens is 180 g/mol. The normalized spacial score (nSPS) is 14.2. The van der Waals surface area contributed by atoms with Crippen molar-refractivity contribution in [1.29, 1.82) is 0 Å². The molecule has 0 heterocycles. The van der Waals surface area contributed by atoms with Crippen LogP contribution in [0.15, 0.2) is 29.2 Å². The Kier molecular flexibility index (Phi) is 2.91. The smallest absolute Gasteiger partial charge is 0.0498 e. The second-order valence-electron chi connectivity index (χ2n) is 4.23. The minimum Gasteiger partial charge on any atom is -0.255 e. The molecule has 0 bridgehead atoms. The van der Waals surface area contributed by atoms with Crippen molar-refractivity contribution in [2.75, 3.05) is 6.26 Å². The highest BCUT2D eigenvalue weighted by atomic mass is 32.2. The summed E-state index contributed by atoms with van der Waals surface area (Å²) in [6, 6.07) is 7.98. The lowest BCUT2D eigenvalue weighted by atomic mass is 9.87. The van der Waals surface area contributed by atoms with E-state index in [9.17, 15) is 4.21 Å². The molecule has 0 saturated carbocycles. The molecule has 0 aromatic heterocycles. The molecule has 1 unspecified atom stereocenters. The molecule has 0 amide bonds. The van der Waals surface area contributed by atoms with E-state index in [-0.39, 0.29) is 5.41 Å². The second kappa shape index (κ2) is 3.62. The summed E-state index contributed by atoms with van der Waals surface area (Å²) in [7, 11) is -0.874. The summed E-state index contributed by atoms with van der Waals surface area (Å²) in [6.45, 7) is 6.47. The van der Waals surface area contributed by atoms with Gasteiger partial charge in [-0.05, 0) is 23.1 Å². The lowest BCUT2D eigenvalue weighted by molar-refractivity contribution is 0.588. The van der Waals surface area contributed by atoms with Gasteiger partial charge in [-0.1, -0.05) is 32.9 Å². The summed E-state index contributed by atoms with van der Waals surface area (Å²) in [6.07, 6.45) is 1.71. The Morgan fingerprint density at radius 3 is 2.31 bits per heavy atom. The van der Waals surface area contributed by atoms with E-state index >= 15 is 0 Å². The van der Waals surface area contributed by atoms with Gasteiger partial charge in [-0.25, -0.2) is 0 Å². The van der Waals surface area contributed by atoms with E-state index in [1.165, 1.54) is 5.56 Å². The van der Waals surface area contributed by atoms with Crippen molar-refractivity contribution in [1.82, 2.24) is 0 Å². The molecule has 1 rings (SSSR count). The lowest BCUT2D eigenvalue weighted by Crippen LogP contribution is -2.11. The van der Waals surface area contributed by atoms with Gasteiger partial charge in [-0.2, -0.15) is 0 Å². The minimum atomic E-state index is -0.874. The van der Waals surface area contributed by atoms with E-state index in [1.54, 1.807) is 6.26 Å². The zero-order chi connectivity index (χ0) is 10.1. The Hall–Kier alpha value is -0.630. The van der Waals surface area contributed by atoms with Crippen LogP contribution in [0.25, 0.3) is 0 Å². The van der Waals surface area contributed by atoms with Gasteiger partial charge in [-0.15, -0.1) is 0 Å². The monoisotopic (exact) mass is 196 g/mol. The van der Waals surface area contributed by atoms with Gasteiger partial charge in [0.2, 0.25) is 0 Å². The number of hydrogen-bond donors (Lipinski definition) is 0. The SMILES string of the molecule is CS(=O)c1cccc(C(C)(C)C)c1. The molecular formula is C11H16OS. The summed E-state index contributed by atoms with van der Waals surface area (Å²) in [5.41, 5.74) is 1.37. The van der Waals surface area contributed by atoms with Crippen molar-refractivity contribution in [2.24, 2.45) is 0 Å². The Labute approximate surface area is 82.6 Å². The average Bonchev–Trinajstić information content (AvgIpc) is 2.03. The van der Waals surface area contributed by atoms with Crippen molar-refractivity contribution in [3.63, 3.8) is 0 Å². The Balaban J connectivity index is 3.13. The fraction of sp³-hybridized carbons (Fsp3) is 0.455. The van der Waals surface area contributed by atoms with E-state index in [4.69, 9.17) is 0 Å². The maximum Gasteiger partial charge on any atom is 0.0498 e. The Morgan fingerprint density at radius 2 is 1.85 bits per heavy atom. The predicted molar refractivity (Wildman–Crippen MR) is 57.5 cm³/mol. The van der Waals surface area contributed by atoms with Crippen LogP contribution in [-0.2, 0) is 16.2 Å². The van der Waals surface area contributed by atoms with E-state index in [1.807, 2.05) is 18.2 Å². The average molecular weight is 196 g/mol. The summed E-state index contributed by atoms with van der Waals surface area (Å²) in [5.74, 6) is 0. The first-order chi connectivity index (χ1) is 5.91. The molecule has 0 N–H and O–H groups in total. The Bertz CT molecular complexity index is 323. The van der Waals surface area contributed by atoms with Gasteiger partial charge >= 0.3 is 0 Å². The zero-order valence-electron chi connectivity index (χ0n) is 8.63. The molecule has 13 heavy (non-hydrogen) atoms. The van der Waals surface area contributed by atoms with Crippen molar-refractivity contribution in [3.8, 4) is 0 Å². The molecule has 0 aliphatic carbocycles. The standard InChI is InChI=1S/C11H16OS/c1-11(2,3)9-6-5-7-10(8-9)13(4)12/h5-8H,1-4H3. The van der Waals surface area contributed by atoms with Gasteiger partial charge in [0.1, 0.15) is 0 Å². The van der Waals surface area contributed by atoms with Gasteiger partial charge in [-0.3, -0.25) is 4.21 Å². The first kappa shape index (κ1) is 10.5. The van der Waals surface area contributed by atoms with E-state index < -0.39 is 10.8 Å². The maximum absolute atomic E-state index is 11.2. The van der Waals surface area contributed by atoms with Crippen LogP contribution in [0.2, 0.25) is 0 Å². The molecule has 0 radical (unpaired) electrons. The first-order valence-electron chi connectivity index (χ1n) is 4.35. The first-order valence-corrected chi connectivity index (χ1v) is 5.91. The molecule has 1 atom stereocenters. The van der Waals surface area contributed by atoms with Gasteiger partial charge in [0, 0.05) is 22.0 Å². The predicted octanol–water partition coefficient (Wildman–Crippen LogP) is 2.72. The molecule has 0 fully saturated rings. The third kappa shape index (κ3) is 2.66. The van der Waals surface area contributed by atoms with Gasteiger partial charge in [0.15, 0.2) is 0 Å². The lowest BCUT2D eigenvalue weighted by Gasteiger charge is -2.19. The number of benzene rings is 1. The molecule has 1 nitrogen and oxygen atoms in total. The molecule has 2 heteroatoms. The van der Waals surface area contributed by atoms with Crippen LogP contribution in [0.1, 0.15) is 26.3 Å². The summed E-state index contributed by atoms with van der Waals surface area (Å²) in [5, 5.41) is 0. The highest BCUT2D eigenvalue weighted by molar-refractivity contribution is 7.84. The largest absolute Gasteiger partial charge is 0.255 e. The Morgan fingerprint density at radius 1 is 1.23 bits per heavy atom. The molecule has 0 saturated heterocycles. The van der Waals surface area contributed by atoms with Gasteiger partial charge in [0.25, 0.3) is 0 Å². The van der Waals surface area contributed by atoms with Crippen molar-refractivity contribution < 1.29 is 4.21 Å².